The summed E-state index contributed by atoms with van der Waals surface area (Å²) in [7, 11) is 0. The van der Waals surface area contributed by atoms with E-state index in [-0.39, 0.29) is 5.82 Å². The highest BCUT2D eigenvalue weighted by Gasteiger charge is 2.22. The van der Waals surface area contributed by atoms with Crippen LogP contribution in [0.15, 0.2) is 36.7 Å². The van der Waals surface area contributed by atoms with Crippen LogP contribution in [0.2, 0.25) is 0 Å². The highest BCUT2D eigenvalue weighted by atomic mass is 19.1. The fourth-order valence-corrected chi connectivity index (χ4v) is 4.32. The minimum atomic E-state index is -0.190. The van der Waals surface area contributed by atoms with Crippen LogP contribution in [0.1, 0.15) is 35.4 Å². The molecule has 1 fully saturated rings. The van der Waals surface area contributed by atoms with E-state index in [0.717, 1.165) is 50.3 Å². The molecule has 2 N–H and O–H groups in total. The van der Waals surface area contributed by atoms with Gasteiger partial charge in [-0.1, -0.05) is 17.7 Å². The van der Waals surface area contributed by atoms with Crippen molar-refractivity contribution < 1.29 is 4.39 Å². The van der Waals surface area contributed by atoms with Gasteiger partial charge in [-0.3, -0.25) is 0 Å². The minimum Gasteiger partial charge on any atom is -0.365 e. The van der Waals surface area contributed by atoms with Crippen molar-refractivity contribution in [3.05, 3.63) is 59.2 Å². The average Bonchev–Trinajstić information content (AvgIpc) is 2.82. The first kappa shape index (κ1) is 19.8. The van der Waals surface area contributed by atoms with E-state index in [1.165, 1.54) is 11.6 Å². The van der Waals surface area contributed by atoms with E-state index < -0.39 is 0 Å². The molecule has 0 saturated carbocycles. The summed E-state index contributed by atoms with van der Waals surface area (Å²) in [6.45, 7) is 6.00. The molecule has 2 aliphatic rings. The van der Waals surface area contributed by atoms with Gasteiger partial charge in [0.25, 0.3) is 0 Å². The number of aryl methyl sites for hydroxylation is 1. The summed E-state index contributed by atoms with van der Waals surface area (Å²) in [5.41, 5.74) is 4.41. The zero-order valence-electron chi connectivity index (χ0n) is 17.6. The second-order valence-corrected chi connectivity index (χ2v) is 8.27. The first-order valence-electron chi connectivity index (χ1n) is 10.8. The van der Waals surface area contributed by atoms with Gasteiger partial charge in [0.2, 0.25) is 0 Å². The molecule has 0 radical (unpaired) electrons. The maximum atomic E-state index is 14.3. The summed E-state index contributed by atoms with van der Waals surface area (Å²) in [6.07, 6.45) is 6.05. The number of fused-ring (bicyclic) bond motifs is 1. The molecule has 2 aromatic heterocycles. The summed E-state index contributed by atoms with van der Waals surface area (Å²) >= 11 is 0. The zero-order valence-corrected chi connectivity index (χ0v) is 17.6. The maximum absolute atomic E-state index is 14.3. The number of aromatic nitrogens is 4. The largest absolute Gasteiger partial charge is 0.365 e. The van der Waals surface area contributed by atoms with Crippen molar-refractivity contribution in [2.45, 2.75) is 32.2 Å². The van der Waals surface area contributed by atoms with Gasteiger partial charge in [-0.25, -0.2) is 14.4 Å². The van der Waals surface area contributed by atoms with E-state index in [1.807, 2.05) is 31.5 Å². The van der Waals surface area contributed by atoms with Gasteiger partial charge in [-0.15, -0.1) is 10.2 Å². The second kappa shape index (κ2) is 8.55. The average molecular weight is 420 g/mol. The van der Waals surface area contributed by atoms with E-state index in [0.29, 0.717) is 35.4 Å². The fraction of sp³-hybridized carbons (Fsp3) is 0.391. The molecule has 0 spiro atoms. The number of piperidine rings is 1. The molecule has 0 atom stereocenters. The van der Waals surface area contributed by atoms with Crippen LogP contribution in [-0.2, 0) is 6.54 Å². The van der Waals surface area contributed by atoms with Crippen molar-refractivity contribution in [2.75, 3.05) is 36.4 Å². The van der Waals surface area contributed by atoms with Gasteiger partial charge in [-0.2, -0.15) is 0 Å². The Kier molecular flexibility index (Phi) is 5.46. The fourth-order valence-electron chi connectivity index (χ4n) is 4.32. The third kappa shape index (κ3) is 4.20. The molecule has 7 nitrogen and oxygen atoms in total. The smallest absolute Gasteiger partial charge is 0.180 e. The monoisotopic (exact) mass is 419 g/mol. The Bertz CT molecular complexity index is 1060. The molecule has 0 amide bonds. The molecule has 160 valence electrons. The van der Waals surface area contributed by atoms with Crippen LogP contribution in [0.5, 0.6) is 0 Å². The summed E-state index contributed by atoms with van der Waals surface area (Å²) in [4.78, 5) is 11.3. The molecule has 0 aliphatic carbocycles. The van der Waals surface area contributed by atoms with Gasteiger partial charge in [0.15, 0.2) is 11.6 Å². The predicted octanol–water partition coefficient (Wildman–Crippen LogP) is 3.28. The second-order valence-electron chi connectivity index (χ2n) is 8.27. The number of nitrogens with zero attached hydrogens (tertiary/aromatic N) is 5. The summed E-state index contributed by atoms with van der Waals surface area (Å²) in [5.74, 6) is 1.58. The van der Waals surface area contributed by atoms with Crippen molar-refractivity contribution in [3.8, 4) is 11.5 Å². The van der Waals surface area contributed by atoms with Crippen LogP contribution >= 0.6 is 0 Å². The normalized spacial score (nSPS) is 16.6. The summed E-state index contributed by atoms with van der Waals surface area (Å²) in [5, 5.41) is 15.3. The SMILES string of the molecule is Cc1ccc(F)c(CN2CCNc3nnc(-c4ncc(C5CCNCC5)cn4)cc32)c1. The lowest BCUT2D eigenvalue weighted by molar-refractivity contribution is 0.459. The molecule has 1 aromatic carbocycles. The van der Waals surface area contributed by atoms with Crippen LogP contribution in [-0.4, -0.2) is 46.3 Å². The molecular formula is C23H26FN7. The van der Waals surface area contributed by atoms with Crippen LogP contribution in [0, 0.1) is 12.7 Å². The number of hydrogen-bond donors (Lipinski definition) is 2. The topological polar surface area (TPSA) is 78.9 Å². The maximum Gasteiger partial charge on any atom is 0.180 e. The van der Waals surface area contributed by atoms with Crippen molar-refractivity contribution in [2.24, 2.45) is 0 Å². The zero-order chi connectivity index (χ0) is 21.2. The highest BCUT2D eigenvalue weighted by Crippen LogP contribution is 2.31. The highest BCUT2D eigenvalue weighted by molar-refractivity contribution is 5.72. The van der Waals surface area contributed by atoms with E-state index in [1.54, 1.807) is 6.07 Å². The molecule has 2 aliphatic heterocycles. The van der Waals surface area contributed by atoms with E-state index in [9.17, 15) is 4.39 Å². The Labute approximate surface area is 181 Å². The number of halogens is 1. The van der Waals surface area contributed by atoms with Crippen molar-refractivity contribution >= 4 is 11.5 Å². The lowest BCUT2D eigenvalue weighted by Crippen LogP contribution is -2.34. The molecular weight excluding hydrogens is 393 g/mol. The van der Waals surface area contributed by atoms with Gasteiger partial charge >= 0.3 is 0 Å². The Hall–Kier alpha value is -3.13. The van der Waals surface area contributed by atoms with Crippen molar-refractivity contribution in [1.82, 2.24) is 25.5 Å². The molecule has 31 heavy (non-hydrogen) atoms. The third-order valence-electron chi connectivity index (χ3n) is 6.06. The molecule has 0 bridgehead atoms. The first-order valence-corrected chi connectivity index (χ1v) is 10.8. The molecule has 4 heterocycles. The van der Waals surface area contributed by atoms with E-state index >= 15 is 0 Å². The minimum absolute atomic E-state index is 0.190. The molecule has 3 aromatic rings. The molecule has 1 saturated heterocycles. The number of benzene rings is 1. The van der Waals surface area contributed by atoms with Crippen molar-refractivity contribution in [1.29, 1.82) is 0 Å². The Morgan fingerprint density at radius 1 is 1.06 bits per heavy atom. The molecule has 0 unspecified atom stereocenters. The quantitative estimate of drug-likeness (QED) is 0.672. The van der Waals surface area contributed by atoms with Gasteiger partial charge in [0.05, 0.1) is 5.69 Å². The summed E-state index contributed by atoms with van der Waals surface area (Å²) < 4.78 is 14.3. The molecule has 8 heteroatoms. The predicted molar refractivity (Wildman–Crippen MR) is 119 cm³/mol. The van der Waals surface area contributed by atoms with Gasteiger partial charge in [0, 0.05) is 37.6 Å². The van der Waals surface area contributed by atoms with Gasteiger partial charge in [0.1, 0.15) is 11.5 Å². The van der Waals surface area contributed by atoms with E-state index in [2.05, 4.69) is 35.7 Å². The van der Waals surface area contributed by atoms with Crippen molar-refractivity contribution in [3.63, 3.8) is 0 Å². The van der Waals surface area contributed by atoms with E-state index in [4.69, 9.17) is 0 Å². The first-order chi connectivity index (χ1) is 15.2. The number of nitrogens with one attached hydrogen (secondary N) is 2. The van der Waals surface area contributed by atoms with Gasteiger partial charge in [-0.05, 0) is 56.5 Å². The Morgan fingerprint density at radius 2 is 1.87 bits per heavy atom. The molecule has 5 rings (SSSR count). The number of anilines is 2. The van der Waals surface area contributed by atoms with Crippen LogP contribution in [0.4, 0.5) is 15.9 Å². The Balaban J connectivity index is 1.41. The van der Waals surface area contributed by atoms with Gasteiger partial charge < -0.3 is 15.5 Å². The van der Waals surface area contributed by atoms with Crippen LogP contribution in [0.3, 0.4) is 0 Å². The summed E-state index contributed by atoms with van der Waals surface area (Å²) in [6, 6.07) is 7.16. The lowest BCUT2D eigenvalue weighted by Gasteiger charge is -2.31. The van der Waals surface area contributed by atoms with Crippen LogP contribution < -0.4 is 15.5 Å². The lowest BCUT2D eigenvalue weighted by atomic mass is 9.92. The standard InChI is InChI=1S/C23H26FN7/c1-15-2-3-19(24)17(10-15)14-31-9-8-26-23-21(31)11-20(29-30-23)22-27-12-18(13-28-22)16-4-6-25-7-5-16/h2-3,10-13,16,25H,4-9,14H2,1H3,(H,26,30). The third-order valence-corrected chi connectivity index (χ3v) is 6.06. The Morgan fingerprint density at radius 3 is 2.68 bits per heavy atom. The number of hydrogen-bond acceptors (Lipinski definition) is 7. The number of rotatable bonds is 4. The van der Waals surface area contributed by atoms with Crippen LogP contribution in [0.25, 0.3) is 11.5 Å².